The van der Waals surface area contributed by atoms with Gasteiger partial charge in [-0.05, 0) is 20.8 Å². The van der Waals surface area contributed by atoms with Crippen LogP contribution in [0.3, 0.4) is 0 Å². The van der Waals surface area contributed by atoms with Gasteiger partial charge in [-0.2, -0.15) is 10.2 Å². The van der Waals surface area contributed by atoms with E-state index in [9.17, 15) is 14.9 Å². The third-order valence-corrected chi connectivity index (χ3v) is 5.16. The van der Waals surface area contributed by atoms with Gasteiger partial charge >= 0.3 is 5.69 Å². The Bertz CT molecular complexity index is 849. The molecule has 1 saturated heterocycles. The van der Waals surface area contributed by atoms with E-state index in [1.54, 1.807) is 6.92 Å². The minimum Gasteiger partial charge on any atom is -0.340 e. The van der Waals surface area contributed by atoms with E-state index in [4.69, 9.17) is 0 Å². The lowest BCUT2D eigenvalue weighted by Crippen LogP contribution is -2.48. The van der Waals surface area contributed by atoms with Gasteiger partial charge < -0.3 is 4.90 Å². The normalized spacial score (nSPS) is 15.2. The Morgan fingerprint density at radius 2 is 1.79 bits per heavy atom. The maximum atomic E-state index is 12.5. The summed E-state index contributed by atoms with van der Waals surface area (Å²) >= 11 is 0. The average Bonchev–Trinajstić information content (AvgIpc) is 3.22. The molecule has 1 amide bonds. The third kappa shape index (κ3) is 4.56. The van der Waals surface area contributed by atoms with Crippen LogP contribution in [0.15, 0.2) is 12.4 Å². The number of carbonyl (C=O) groups excluding carboxylic acids is 1. The van der Waals surface area contributed by atoms with Gasteiger partial charge in [-0.1, -0.05) is 0 Å². The zero-order valence-electron chi connectivity index (χ0n) is 16.7. The maximum absolute atomic E-state index is 12.5. The first-order chi connectivity index (χ1) is 13.4. The highest BCUT2D eigenvalue weighted by Gasteiger charge is 2.22. The standard InChI is InChI=1S/C18H27N7O3/c1-4-23-12-16(14(2)19-23)11-21-7-9-22(10-8-21)18(26)5-6-24-13-17(25(27)28)15(3)20-24/h12-13H,4-11H2,1-3H3. The van der Waals surface area contributed by atoms with E-state index >= 15 is 0 Å². The Morgan fingerprint density at radius 3 is 2.36 bits per heavy atom. The van der Waals surface area contributed by atoms with Crippen molar-refractivity contribution in [2.24, 2.45) is 0 Å². The van der Waals surface area contributed by atoms with Crippen molar-refractivity contribution in [2.45, 2.75) is 46.8 Å². The van der Waals surface area contributed by atoms with Gasteiger partial charge in [-0.25, -0.2) is 0 Å². The molecule has 1 fully saturated rings. The molecule has 0 radical (unpaired) electrons. The molecular formula is C18H27N7O3. The number of nitro groups is 1. The van der Waals surface area contributed by atoms with Crippen LogP contribution < -0.4 is 0 Å². The summed E-state index contributed by atoms with van der Waals surface area (Å²) in [4.78, 5) is 27.1. The molecule has 10 nitrogen and oxygen atoms in total. The fourth-order valence-electron chi connectivity index (χ4n) is 3.44. The summed E-state index contributed by atoms with van der Waals surface area (Å²) in [6.07, 6.45) is 3.78. The highest BCUT2D eigenvalue weighted by atomic mass is 16.6. The van der Waals surface area contributed by atoms with Gasteiger partial charge in [0, 0.05) is 64.0 Å². The smallest absolute Gasteiger partial charge is 0.309 e. The van der Waals surface area contributed by atoms with Crippen LogP contribution in [-0.4, -0.2) is 66.4 Å². The number of carbonyl (C=O) groups is 1. The second-order valence-corrected chi connectivity index (χ2v) is 7.12. The average molecular weight is 389 g/mol. The van der Waals surface area contributed by atoms with Crippen LogP contribution in [0.4, 0.5) is 5.69 Å². The minimum absolute atomic E-state index is 0.0113. The van der Waals surface area contributed by atoms with Crippen LogP contribution >= 0.6 is 0 Å². The predicted molar refractivity (Wildman–Crippen MR) is 103 cm³/mol. The summed E-state index contributed by atoms with van der Waals surface area (Å²) in [6, 6.07) is 0. The van der Waals surface area contributed by atoms with Gasteiger partial charge in [-0.3, -0.25) is 29.2 Å². The first-order valence-corrected chi connectivity index (χ1v) is 9.59. The molecule has 1 aliphatic heterocycles. The first kappa shape index (κ1) is 20.0. The number of aromatic nitrogens is 4. The number of nitrogens with zero attached hydrogens (tertiary/aromatic N) is 7. The Labute approximate surface area is 163 Å². The molecule has 10 heteroatoms. The SMILES string of the molecule is CCn1cc(CN2CCN(C(=O)CCn3cc([N+](=O)[O-])c(C)n3)CC2)c(C)n1. The molecule has 0 unspecified atom stereocenters. The minimum atomic E-state index is -0.453. The molecule has 3 rings (SSSR count). The van der Waals surface area contributed by atoms with Crippen molar-refractivity contribution in [3.63, 3.8) is 0 Å². The van der Waals surface area contributed by atoms with Crippen LogP contribution in [0.2, 0.25) is 0 Å². The van der Waals surface area contributed by atoms with Gasteiger partial charge in [0.1, 0.15) is 11.9 Å². The fourth-order valence-corrected chi connectivity index (χ4v) is 3.44. The van der Waals surface area contributed by atoms with Crippen molar-refractivity contribution in [1.82, 2.24) is 29.4 Å². The zero-order chi connectivity index (χ0) is 20.3. The van der Waals surface area contributed by atoms with Gasteiger partial charge in [0.2, 0.25) is 5.91 Å². The van der Waals surface area contributed by atoms with E-state index in [2.05, 4.69) is 28.2 Å². The summed E-state index contributed by atoms with van der Waals surface area (Å²) in [6.45, 7) is 10.8. The van der Waals surface area contributed by atoms with Crippen molar-refractivity contribution in [1.29, 1.82) is 0 Å². The van der Waals surface area contributed by atoms with E-state index in [1.807, 2.05) is 16.5 Å². The van der Waals surface area contributed by atoms with Gasteiger partial charge in [-0.15, -0.1) is 0 Å². The van der Waals surface area contributed by atoms with E-state index in [-0.39, 0.29) is 11.6 Å². The Balaban J connectivity index is 1.46. The molecule has 2 aromatic rings. The Kier molecular flexibility index (Phi) is 6.08. The number of hydrogen-bond acceptors (Lipinski definition) is 6. The molecule has 1 aliphatic rings. The number of piperazine rings is 1. The summed E-state index contributed by atoms with van der Waals surface area (Å²) in [5, 5.41) is 19.5. The van der Waals surface area contributed by atoms with Gasteiger partial charge in [0.15, 0.2) is 0 Å². The summed E-state index contributed by atoms with van der Waals surface area (Å²) in [5.41, 5.74) is 2.65. The fraction of sp³-hybridized carbons (Fsp3) is 0.611. The second-order valence-electron chi connectivity index (χ2n) is 7.12. The lowest BCUT2D eigenvalue weighted by Gasteiger charge is -2.34. The summed E-state index contributed by atoms with van der Waals surface area (Å²) in [5.74, 6) is 0.0606. The number of amides is 1. The highest BCUT2D eigenvalue weighted by Crippen LogP contribution is 2.16. The van der Waals surface area contributed by atoms with Gasteiger partial charge in [0.25, 0.3) is 0 Å². The largest absolute Gasteiger partial charge is 0.340 e. The highest BCUT2D eigenvalue weighted by molar-refractivity contribution is 5.76. The molecule has 0 saturated carbocycles. The Morgan fingerprint density at radius 1 is 1.11 bits per heavy atom. The van der Waals surface area contributed by atoms with Crippen molar-refractivity contribution in [3.05, 3.63) is 39.5 Å². The first-order valence-electron chi connectivity index (χ1n) is 9.59. The molecular weight excluding hydrogens is 362 g/mol. The zero-order valence-corrected chi connectivity index (χ0v) is 16.7. The van der Waals surface area contributed by atoms with E-state index in [0.717, 1.165) is 31.9 Å². The molecule has 0 aromatic carbocycles. The maximum Gasteiger partial charge on any atom is 0.309 e. The Hall–Kier alpha value is -2.75. The molecule has 3 heterocycles. The van der Waals surface area contributed by atoms with Crippen LogP contribution in [-0.2, 0) is 24.4 Å². The quantitative estimate of drug-likeness (QED) is 0.523. The van der Waals surface area contributed by atoms with E-state index in [0.29, 0.717) is 31.7 Å². The topological polar surface area (TPSA) is 102 Å². The monoisotopic (exact) mass is 389 g/mol. The predicted octanol–water partition coefficient (Wildman–Crippen LogP) is 1.36. The van der Waals surface area contributed by atoms with Crippen molar-refractivity contribution in [3.8, 4) is 0 Å². The molecule has 0 aliphatic carbocycles. The lowest BCUT2D eigenvalue weighted by molar-refractivity contribution is -0.385. The van der Waals surface area contributed by atoms with E-state index < -0.39 is 4.92 Å². The number of hydrogen-bond donors (Lipinski definition) is 0. The molecule has 2 aromatic heterocycles. The molecule has 0 spiro atoms. The number of rotatable bonds is 7. The summed E-state index contributed by atoms with van der Waals surface area (Å²) < 4.78 is 3.43. The van der Waals surface area contributed by atoms with Crippen molar-refractivity contribution >= 4 is 11.6 Å². The molecule has 0 bridgehead atoms. The van der Waals surface area contributed by atoms with Crippen molar-refractivity contribution in [2.75, 3.05) is 26.2 Å². The molecule has 0 atom stereocenters. The molecule has 0 N–H and O–H groups in total. The summed E-state index contributed by atoms with van der Waals surface area (Å²) in [7, 11) is 0. The molecule has 28 heavy (non-hydrogen) atoms. The van der Waals surface area contributed by atoms with Crippen molar-refractivity contribution < 1.29 is 9.72 Å². The molecule has 152 valence electrons. The van der Waals surface area contributed by atoms with E-state index in [1.165, 1.54) is 16.4 Å². The van der Waals surface area contributed by atoms with Crippen LogP contribution in [0.1, 0.15) is 30.3 Å². The third-order valence-electron chi connectivity index (χ3n) is 5.16. The number of aryl methyl sites for hydroxylation is 4. The van der Waals surface area contributed by atoms with Crippen LogP contribution in [0, 0.1) is 24.0 Å². The lowest BCUT2D eigenvalue weighted by atomic mass is 10.2. The van der Waals surface area contributed by atoms with Gasteiger partial charge in [0.05, 0.1) is 10.6 Å². The van der Waals surface area contributed by atoms with Crippen LogP contribution in [0.5, 0.6) is 0 Å². The second kappa shape index (κ2) is 8.51. The van der Waals surface area contributed by atoms with Crippen LogP contribution in [0.25, 0.3) is 0 Å².